The van der Waals surface area contributed by atoms with Crippen LogP contribution >= 0.6 is 0 Å². The first kappa shape index (κ1) is 18.2. The smallest absolute Gasteiger partial charge is 0.337 e. The molecule has 0 saturated carbocycles. The van der Waals surface area contributed by atoms with Crippen LogP contribution in [0.3, 0.4) is 0 Å². The lowest BCUT2D eigenvalue weighted by Gasteiger charge is -2.17. The van der Waals surface area contributed by atoms with E-state index in [1.54, 1.807) is 6.07 Å². The van der Waals surface area contributed by atoms with Gasteiger partial charge in [-0.1, -0.05) is 24.1 Å². The van der Waals surface area contributed by atoms with Gasteiger partial charge in [-0.3, -0.25) is 9.59 Å². The molecule has 0 radical (unpaired) electrons. The van der Waals surface area contributed by atoms with Crippen LogP contribution in [0.15, 0.2) is 30.3 Å². The lowest BCUT2D eigenvalue weighted by atomic mass is 9.85. The molecule has 6 N–H and O–H groups in total. The summed E-state index contributed by atoms with van der Waals surface area (Å²) >= 11 is 0. The van der Waals surface area contributed by atoms with Gasteiger partial charge < -0.3 is 21.7 Å². The van der Waals surface area contributed by atoms with Gasteiger partial charge in [0.15, 0.2) is 0 Å². The van der Waals surface area contributed by atoms with Gasteiger partial charge in [0.2, 0.25) is 11.8 Å². The standard InChI is InChI=1S/C18H12N2O6/c1-2-8-5-3-4-6-9(8)12-13(16(20)22)10(15(19)21)7-11(17(23)24)14(12)18(25)26/h1,3-7H,(H2,19,21)(H2,20,22)(H,23,24)(H,25,26). The Kier molecular flexibility index (Phi) is 4.75. The van der Waals surface area contributed by atoms with Gasteiger partial charge in [-0.25, -0.2) is 9.59 Å². The second-order valence-electron chi connectivity index (χ2n) is 5.13. The van der Waals surface area contributed by atoms with Crippen LogP contribution in [0.2, 0.25) is 0 Å². The third-order valence-electron chi connectivity index (χ3n) is 3.64. The predicted molar refractivity (Wildman–Crippen MR) is 90.8 cm³/mol. The lowest BCUT2D eigenvalue weighted by molar-refractivity contribution is 0.0651. The summed E-state index contributed by atoms with van der Waals surface area (Å²) in [6.45, 7) is 0. The fourth-order valence-corrected chi connectivity index (χ4v) is 2.62. The van der Waals surface area contributed by atoms with Gasteiger partial charge in [-0.15, -0.1) is 6.42 Å². The molecule has 0 aliphatic rings. The van der Waals surface area contributed by atoms with Crippen molar-refractivity contribution in [3.8, 4) is 23.5 Å². The summed E-state index contributed by atoms with van der Waals surface area (Å²) < 4.78 is 0. The molecule has 0 atom stereocenters. The summed E-state index contributed by atoms with van der Waals surface area (Å²) in [4.78, 5) is 47.1. The molecule has 2 aromatic rings. The molecular weight excluding hydrogens is 340 g/mol. The number of hydrogen-bond donors (Lipinski definition) is 4. The van der Waals surface area contributed by atoms with Crippen LogP contribution in [0.25, 0.3) is 11.1 Å². The largest absolute Gasteiger partial charge is 0.478 e. The van der Waals surface area contributed by atoms with Crippen molar-refractivity contribution in [3.05, 3.63) is 58.1 Å². The number of carboxylic acid groups (broad SMARTS) is 2. The van der Waals surface area contributed by atoms with Crippen molar-refractivity contribution in [2.24, 2.45) is 11.5 Å². The van der Waals surface area contributed by atoms with Crippen molar-refractivity contribution in [1.82, 2.24) is 0 Å². The average Bonchev–Trinajstić information content (AvgIpc) is 2.59. The van der Waals surface area contributed by atoms with Crippen molar-refractivity contribution in [2.75, 3.05) is 0 Å². The van der Waals surface area contributed by atoms with Crippen LogP contribution in [0.5, 0.6) is 0 Å². The van der Waals surface area contributed by atoms with Crippen LogP contribution < -0.4 is 11.5 Å². The van der Waals surface area contributed by atoms with E-state index in [1.807, 2.05) is 0 Å². The van der Waals surface area contributed by atoms with Gasteiger partial charge in [-0.05, 0) is 17.7 Å². The molecule has 2 rings (SSSR count). The maximum Gasteiger partial charge on any atom is 0.337 e. The Balaban J connectivity index is 3.21. The Morgan fingerprint density at radius 3 is 1.96 bits per heavy atom. The highest BCUT2D eigenvalue weighted by atomic mass is 16.4. The number of benzene rings is 2. The molecule has 8 heteroatoms. The second-order valence-corrected chi connectivity index (χ2v) is 5.13. The van der Waals surface area contributed by atoms with Crippen molar-refractivity contribution in [1.29, 1.82) is 0 Å². The average molecular weight is 352 g/mol. The summed E-state index contributed by atoms with van der Waals surface area (Å²) in [6.07, 6.45) is 5.41. The highest BCUT2D eigenvalue weighted by Gasteiger charge is 2.31. The monoisotopic (exact) mass is 352 g/mol. The number of aromatic carboxylic acids is 2. The number of rotatable bonds is 5. The summed E-state index contributed by atoms with van der Waals surface area (Å²) in [5.74, 6) is -3.24. The van der Waals surface area contributed by atoms with Gasteiger partial charge >= 0.3 is 11.9 Å². The van der Waals surface area contributed by atoms with E-state index in [4.69, 9.17) is 17.9 Å². The molecule has 0 aliphatic carbocycles. The molecule has 130 valence electrons. The first-order chi connectivity index (χ1) is 12.2. The van der Waals surface area contributed by atoms with Gasteiger partial charge in [0.25, 0.3) is 0 Å². The first-order valence-corrected chi connectivity index (χ1v) is 7.03. The molecule has 2 aromatic carbocycles. The van der Waals surface area contributed by atoms with Crippen LogP contribution in [-0.2, 0) is 0 Å². The van der Waals surface area contributed by atoms with Crippen molar-refractivity contribution in [2.45, 2.75) is 0 Å². The molecule has 0 spiro atoms. The Bertz CT molecular complexity index is 967. The molecule has 0 bridgehead atoms. The Hall–Kier alpha value is -4.12. The first-order valence-electron chi connectivity index (χ1n) is 7.03. The quantitative estimate of drug-likeness (QED) is 0.585. The van der Waals surface area contributed by atoms with E-state index in [0.29, 0.717) is 0 Å². The minimum atomic E-state index is -1.64. The van der Waals surface area contributed by atoms with E-state index in [-0.39, 0.29) is 16.7 Å². The number of amides is 2. The third-order valence-corrected chi connectivity index (χ3v) is 3.64. The number of hydrogen-bond acceptors (Lipinski definition) is 4. The van der Waals surface area contributed by atoms with Gasteiger partial charge in [0.1, 0.15) is 0 Å². The fraction of sp³-hybridized carbons (Fsp3) is 0. The summed E-state index contributed by atoms with van der Waals surface area (Å²) in [7, 11) is 0. The molecule has 0 fully saturated rings. The minimum Gasteiger partial charge on any atom is -0.478 e. The van der Waals surface area contributed by atoms with Crippen LogP contribution in [0, 0.1) is 12.3 Å². The molecule has 8 nitrogen and oxygen atoms in total. The lowest BCUT2D eigenvalue weighted by Crippen LogP contribution is -2.25. The molecule has 0 heterocycles. The Morgan fingerprint density at radius 1 is 0.885 bits per heavy atom. The number of primary amides is 2. The van der Waals surface area contributed by atoms with Crippen molar-refractivity contribution < 1.29 is 29.4 Å². The van der Waals surface area contributed by atoms with Gasteiger partial charge in [-0.2, -0.15) is 0 Å². The van der Waals surface area contributed by atoms with Crippen LogP contribution in [0.4, 0.5) is 0 Å². The number of carboxylic acids is 2. The molecule has 2 amide bonds. The van der Waals surface area contributed by atoms with E-state index in [9.17, 15) is 29.4 Å². The number of carbonyl (C=O) groups excluding carboxylic acids is 2. The zero-order chi connectivity index (χ0) is 19.6. The number of nitrogens with two attached hydrogens (primary N) is 2. The normalized spacial score (nSPS) is 9.96. The van der Waals surface area contributed by atoms with Gasteiger partial charge in [0.05, 0.1) is 22.3 Å². The molecule has 0 saturated heterocycles. The highest BCUT2D eigenvalue weighted by Crippen LogP contribution is 2.35. The third kappa shape index (κ3) is 2.97. The predicted octanol–water partition coefficient (Wildman–Crippen LogP) is 0.929. The molecule has 0 unspecified atom stereocenters. The zero-order valence-corrected chi connectivity index (χ0v) is 13.1. The Morgan fingerprint density at radius 2 is 1.50 bits per heavy atom. The van der Waals surface area contributed by atoms with E-state index < -0.39 is 46.0 Å². The van der Waals surface area contributed by atoms with E-state index in [2.05, 4.69) is 5.92 Å². The molecular formula is C18H12N2O6. The van der Waals surface area contributed by atoms with E-state index in [1.165, 1.54) is 18.2 Å². The van der Waals surface area contributed by atoms with E-state index >= 15 is 0 Å². The van der Waals surface area contributed by atoms with Crippen molar-refractivity contribution >= 4 is 23.8 Å². The minimum absolute atomic E-state index is 0.0619. The maximum atomic E-state index is 12.0. The van der Waals surface area contributed by atoms with Crippen LogP contribution in [0.1, 0.15) is 47.0 Å². The number of terminal acetylenes is 1. The number of carbonyl (C=O) groups is 4. The Labute approximate surface area is 147 Å². The highest BCUT2D eigenvalue weighted by molar-refractivity contribution is 6.18. The van der Waals surface area contributed by atoms with Gasteiger partial charge in [0, 0.05) is 11.1 Å². The van der Waals surface area contributed by atoms with E-state index in [0.717, 1.165) is 6.07 Å². The van der Waals surface area contributed by atoms with Crippen LogP contribution in [-0.4, -0.2) is 34.0 Å². The topological polar surface area (TPSA) is 161 Å². The molecule has 0 aromatic heterocycles. The summed E-state index contributed by atoms with van der Waals surface area (Å²) in [6, 6.07) is 6.64. The molecule has 0 aliphatic heterocycles. The van der Waals surface area contributed by atoms with Crippen molar-refractivity contribution in [3.63, 3.8) is 0 Å². The second kappa shape index (κ2) is 6.78. The fourth-order valence-electron chi connectivity index (χ4n) is 2.62. The molecule has 26 heavy (non-hydrogen) atoms. The SMILES string of the molecule is C#Cc1ccccc1-c1c(C(N)=O)c(C(N)=O)cc(C(=O)O)c1C(=O)O. The zero-order valence-electron chi connectivity index (χ0n) is 13.1. The summed E-state index contributed by atoms with van der Waals surface area (Å²) in [5.41, 5.74) is 7.98. The maximum absolute atomic E-state index is 12.0. The summed E-state index contributed by atoms with van der Waals surface area (Å²) in [5, 5.41) is 18.9.